The lowest BCUT2D eigenvalue weighted by atomic mass is 10.0. The van der Waals surface area contributed by atoms with Crippen molar-refractivity contribution in [3.63, 3.8) is 0 Å². The van der Waals surface area contributed by atoms with Gasteiger partial charge in [-0.05, 0) is 57.6 Å². The Morgan fingerprint density at radius 2 is 1.96 bits per heavy atom. The normalized spacial score (nSPS) is 20.4. The Kier molecular flexibility index (Phi) is 5.43. The molecule has 0 spiro atoms. The number of aryl methyl sites for hydroxylation is 2. The molecule has 4 rings (SSSR count). The van der Waals surface area contributed by atoms with E-state index in [1.165, 1.54) is 25.7 Å². The number of anilines is 2. The zero-order chi connectivity index (χ0) is 18.8. The number of carbonyl (C=O) groups excluding carboxylic acids is 1. The number of pyridine rings is 1. The van der Waals surface area contributed by atoms with E-state index in [0.717, 1.165) is 47.3 Å². The second kappa shape index (κ2) is 7.97. The first-order chi connectivity index (χ1) is 13.1. The third-order valence-electron chi connectivity index (χ3n) is 5.70. The fourth-order valence-electron chi connectivity index (χ4n) is 4.42. The van der Waals surface area contributed by atoms with Crippen LogP contribution in [0.5, 0.6) is 0 Å². The highest BCUT2D eigenvalue weighted by Gasteiger charge is 2.32. The van der Waals surface area contributed by atoms with Crippen LogP contribution in [0.3, 0.4) is 0 Å². The summed E-state index contributed by atoms with van der Waals surface area (Å²) in [7, 11) is 0. The lowest BCUT2D eigenvalue weighted by Crippen LogP contribution is -2.32. The van der Waals surface area contributed by atoms with Crippen molar-refractivity contribution in [3.05, 3.63) is 34.6 Å². The number of carbonyl (C=O) groups is 1. The van der Waals surface area contributed by atoms with Crippen molar-refractivity contribution in [1.82, 2.24) is 14.9 Å². The molecule has 0 aromatic carbocycles. The Bertz CT molecular complexity index is 812. The van der Waals surface area contributed by atoms with Crippen LogP contribution < -0.4 is 5.32 Å². The molecule has 1 saturated heterocycles. The van der Waals surface area contributed by atoms with Crippen molar-refractivity contribution in [2.75, 3.05) is 11.9 Å². The van der Waals surface area contributed by atoms with Gasteiger partial charge in [0.25, 0.3) is 0 Å². The molecule has 2 aromatic heterocycles. The minimum Gasteiger partial charge on any atom is -0.334 e. The second-order valence-electron chi connectivity index (χ2n) is 7.94. The van der Waals surface area contributed by atoms with E-state index in [1.54, 1.807) is 11.3 Å². The van der Waals surface area contributed by atoms with Crippen LogP contribution in [-0.4, -0.2) is 27.3 Å². The van der Waals surface area contributed by atoms with Crippen molar-refractivity contribution in [2.24, 2.45) is 5.92 Å². The standard InChI is InChI=1S/C21H28N4OS/c1-14-10-17(24-21-23-15(2)13-27-21)12-18(22-14)19-8-5-9-25(19)20(26)11-16-6-3-4-7-16/h10,12-13,16,19H,3-9,11H2,1-2H3,(H,22,23,24)/t19-/m0/s1. The fourth-order valence-corrected chi connectivity index (χ4v) is 5.13. The average Bonchev–Trinajstić information content (AvgIpc) is 3.36. The van der Waals surface area contributed by atoms with Crippen molar-refractivity contribution in [3.8, 4) is 0 Å². The van der Waals surface area contributed by atoms with Crippen LogP contribution >= 0.6 is 11.3 Å². The van der Waals surface area contributed by atoms with Gasteiger partial charge in [0.05, 0.1) is 17.4 Å². The molecule has 0 unspecified atom stereocenters. The molecule has 144 valence electrons. The maximum Gasteiger partial charge on any atom is 0.223 e. The number of rotatable bonds is 5. The van der Waals surface area contributed by atoms with Crippen LogP contribution in [0.25, 0.3) is 0 Å². The Morgan fingerprint density at radius 1 is 1.15 bits per heavy atom. The molecule has 0 radical (unpaired) electrons. The highest BCUT2D eigenvalue weighted by atomic mass is 32.1. The molecule has 0 bridgehead atoms. The first kappa shape index (κ1) is 18.4. The summed E-state index contributed by atoms with van der Waals surface area (Å²) in [6.45, 7) is 4.87. The summed E-state index contributed by atoms with van der Waals surface area (Å²) in [6, 6.07) is 4.24. The predicted molar refractivity (Wildman–Crippen MR) is 109 cm³/mol. The third-order valence-corrected chi connectivity index (χ3v) is 6.57. The topological polar surface area (TPSA) is 58.1 Å². The molecule has 27 heavy (non-hydrogen) atoms. The second-order valence-corrected chi connectivity index (χ2v) is 8.80. The summed E-state index contributed by atoms with van der Waals surface area (Å²) >= 11 is 1.60. The van der Waals surface area contributed by atoms with Crippen LogP contribution in [0.15, 0.2) is 17.5 Å². The molecule has 5 nitrogen and oxygen atoms in total. The average molecular weight is 385 g/mol. The van der Waals surface area contributed by atoms with E-state index < -0.39 is 0 Å². The third kappa shape index (κ3) is 4.32. The quantitative estimate of drug-likeness (QED) is 0.775. The van der Waals surface area contributed by atoms with Gasteiger partial charge in [-0.15, -0.1) is 11.3 Å². The van der Waals surface area contributed by atoms with Gasteiger partial charge in [0.1, 0.15) is 0 Å². The molecule has 2 aliphatic rings. The smallest absolute Gasteiger partial charge is 0.223 e. The summed E-state index contributed by atoms with van der Waals surface area (Å²) in [5.41, 5.74) is 4.00. The lowest BCUT2D eigenvalue weighted by Gasteiger charge is -2.26. The highest BCUT2D eigenvalue weighted by Crippen LogP contribution is 2.35. The predicted octanol–water partition coefficient (Wildman–Crippen LogP) is 5.14. The summed E-state index contributed by atoms with van der Waals surface area (Å²) in [5, 5.41) is 6.33. The molecule has 1 N–H and O–H groups in total. The maximum absolute atomic E-state index is 12.9. The molecular weight excluding hydrogens is 356 g/mol. The molecule has 2 fully saturated rings. The van der Waals surface area contributed by atoms with Crippen molar-refractivity contribution >= 4 is 28.1 Å². The van der Waals surface area contributed by atoms with Crippen LogP contribution in [0, 0.1) is 19.8 Å². The Balaban J connectivity index is 1.51. The fraction of sp³-hybridized carbons (Fsp3) is 0.571. The minimum atomic E-state index is 0.109. The van der Waals surface area contributed by atoms with Gasteiger partial charge in [0, 0.05) is 29.7 Å². The molecule has 6 heteroatoms. The van der Waals surface area contributed by atoms with Gasteiger partial charge in [-0.25, -0.2) is 4.98 Å². The number of thiazole rings is 1. The zero-order valence-corrected chi connectivity index (χ0v) is 17.0. The summed E-state index contributed by atoms with van der Waals surface area (Å²) < 4.78 is 0. The van der Waals surface area contributed by atoms with Crippen molar-refractivity contribution < 1.29 is 4.79 Å². The van der Waals surface area contributed by atoms with Crippen molar-refractivity contribution in [2.45, 2.75) is 64.8 Å². The number of likely N-dealkylation sites (tertiary alicyclic amines) is 1. The van der Waals surface area contributed by atoms with E-state index >= 15 is 0 Å². The Labute approximate surface area is 165 Å². The number of amides is 1. The first-order valence-electron chi connectivity index (χ1n) is 10.1. The van der Waals surface area contributed by atoms with Crippen LogP contribution in [0.1, 0.15) is 68.1 Å². The van der Waals surface area contributed by atoms with Gasteiger partial charge >= 0.3 is 0 Å². The lowest BCUT2D eigenvalue weighted by molar-refractivity contribution is -0.133. The number of aromatic nitrogens is 2. The number of hydrogen-bond acceptors (Lipinski definition) is 5. The van der Waals surface area contributed by atoms with Gasteiger partial charge in [0.15, 0.2) is 5.13 Å². The first-order valence-corrected chi connectivity index (χ1v) is 10.9. The van der Waals surface area contributed by atoms with Gasteiger partial charge in [-0.1, -0.05) is 12.8 Å². The molecule has 3 heterocycles. The summed E-state index contributed by atoms with van der Waals surface area (Å²) in [4.78, 5) is 24.3. The highest BCUT2D eigenvalue weighted by molar-refractivity contribution is 7.13. The zero-order valence-electron chi connectivity index (χ0n) is 16.2. The van der Waals surface area contributed by atoms with Gasteiger partial charge in [-0.2, -0.15) is 0 Å². The maximum atomic E-state index is 12.9. The van der Waals surface area contributed by atoms with E-state index in [-0.39, 0.29) is 6.04 Å². The molecule has 1 saturated carbocycles. The molecule has 2 aromatic rings. The molecule has 1 atom stereocenters. The SMILES string of the molecule is Cc1cc(Nc2nc(C)cs2)cc([C@@H]2CCCN2C(=O)CC2CCCC2)n1. The monoisotopic (exact) mass is 384 g/mol. The molecule has 1 aliphatic heterocycles. The summed E-state index contributed by atoms with van der Waals surface area (Å²) in [5.74, 6) is 0.910. The number of hydrogen-bond donors (Lipinski definition) is 1. The number of nitrogens with zero attached hydrogens (tertiary/aromatic N) is 3. The molecule has 1 aliphatic carbocycles. The summed E-state index contributed by atoms with van der Waals surface area (Å²) in [6.07, 6.45) is 7.78. The van der Waals surface area contributed by atoms with Gasteiger partial charge in [-0.3, -0.25) is 9.78 Å². The van der Waals surface area contributed by atoms with Crippen LogP contribution in [0.4, 0.5) is 10.8 Å². The Hall–Kier alpha value is -1.95. The van der Waals surface area contributed by atoms with E-state index in [1.807, 2.05) is 25.3 Å². The molecular formula is C21H28N4OS. The van der Waals surface area contributed by atoms with Crippen molar-refractivity contribution in [1.29, 1.82) is 0 Å². The molecule has 1 amide bonds. The van der Waals surface area contributed by atoms with E-state index in [9.17, 15) is 4.79 Å². The minimum absolute atomic E-state index is 0.109. The van der Waals surface area contributed by atoms with E-state index in [0.29, 0.717) is 18.2 Å². The van der Waals surface area contributed by atoms with E-state index in [2.05, 4.69) is 21.3 Å². The number of nitrogens with one attached hydrogen (secondary N) is 1. The van der Waals surface area contributed by atoms with Gasteiger partial charge in [0.2, 0.25) is 5.91 Å². The van der Waals surface area contributed by atoms with E-state index in [4.69, 9.17) is 4.98 Å². The van der Waals surface area contributed by atoms with Crippen LogP contribution in [-0.2, 0) is 4.79 Å². The van der Waals surface area contributed by atoms with Gasteiger partial charge < -0.3 is 10.2 Å². The largest absolute Gasteiger partial charge is 0.334 e. The van der Waals surface area contributed by atoms with Crippen LogP contribution in [0.2, 0.25) is 0 Å². The Morgan fingerprint density at radius 3 is 2.70 bits per heavy atom.